The molecule has 0 unspecified atom stereocenters. The summed E-state index contributed by atoms with van der Waals surface area (Å²) in [6, 6.07) is 19.2. The summed E-state index contributed by atoms with van der Waals surface area (Å²) in [7, 11) is 0. The molecule has 0 N–H and O–H groups in total. The van der Waals surface area contributed by atoms with E-state index in [1.165, 1.54) is 11.6 Å². The fourth-order valence-electron chi connectivity index (χ4n) is 4.58. The van der Waals surface area contributed by atoms with Crippen molar-refractivity contribution in [3.63, 3.8) is 0 Å². The van der Waals surface area contributed by atoms with E-state index in [-0.39, 0.29) is 17.1 Å². The number of halogens is 2. The summed E-state index contributed by atoms with van der Waals surface area (Å²) < 4.78 is 26.9. The molecule has 1 amide bonds. The molecule has 1 fully saturated rings. The van der Waals surface area contributed by atoms with Gasteiger partial charge in [0.1, 0.15) is 12.4 Å². The zero-order valence-corrected chi connectivity index (χ0v) is 25.3. The molecule has 7 heteroatoms. The molecule has 3 aromatic rings. The topological polar surface area (TPSA) is 42.0 Å². The minimum atomic E-state index is -0.206. The smallest absolute Gasteiger partial charge is 0.246 e. The average Bonchev–Trinajstić information content (AvgIpc) is 2.93. The number of nitrogens with zero attached hydrogens (tertiary/aromatic N) is 2. The normalized spacial score (nSPS) is 14.5. The van der Waals surface area contributed by atoms with Gasteiger partial charge in [-0.1, -0.05) is 67.0 Å². The van der Waals surface area contributed by atoms with Gasteiger partial charge in [0.2, 0.25) is 5.91 Å². The Bertz CT molecular complexity index is 1330. The van der Waals surface area contributed by atoms with Crippen molar-refractivity contribution in [2.24, 2.45) is 0 Å². The molecule has 0 atom stereocenters. The highest BCUT2D eigenvalue weighted by Gasteiger charge is 2.21. The first-order valence-electron chi connectivity index (χ1n) is 13.7. The molecule has 0 saturated carbocycles. The van der Waals surface area contributed by atoms with Crippen LogP contribution in [0.1, 0.15) is 49.9 Å². The summed E-state index contributed by atoms with van der Waals surface area (Å²) in [6.45, 7) is 12.6. The molecule has 3 aromatic carbocycles. The van der Waals surface area contributed by atoms with Crippen LogP contribution in [-0.2, 0) is 23.4 Å². The highest BCUT2D eigenvalue weighted by atomic mass is 79.9. The van der Waals surface area contributed by atoms with Crippen LogP contribution in [0.4, 0.5) is 4.39 Å². The van der Waals surface area contributed by atoms with Gasteiger partial charge in [-0.3, -0.25) is 9.69 Å². The van der Waals surface area contributed by atoms with Gasteiger partial charge in [-0.2, -0.15) is 0 Å². The highest BCUT2D eigenvalue weighted by Crippen LogP contribution is 2.30. The van der Waals surface area contributed by atoms with Crippen LogP contribution in [0.15, 0.2) is 71.2 Å². The molecule has 1 aliphatic heterocycles. The lowest BCUT2D eigenvalue weighted by Crippen LogP contribution is -2.47. The van der Waals surface area contributed by atoms with Gasteiger partial charge < -0.3 is 14.4 Å². The average molecular weight is 610 g/mol. The number of hydrogen-bond donors (Lipinski definition) is 0. The Morgan fingerprint density at radius 2 is 1.68 bits per heavy atom. The molecule has 1 saturated heterocycles. The summed E-state index contributed by atoms with van der Waals surface area (Å²) in [6.07, 6.45) is 3.41. The van der Waals surface area contributed by atoms with E-state index < -0.39 is 0 Å². The Kier molecular flexibility index (Phi) is 10.0. The number of carbonyl (C=O) groups is 1. The second-order valence-corrected chi connectivity index (χ2v) is 12.0. The lowest BCUT2D eigenvalue weighted by atomic mass is 9.87. The molecular formula is C33H38BrFN2O3. The van der Waals surface area contributed by atoms with E-state index in [4.69, 9.17) is 9.47 Å². The lowest BCUT2D eigenvalue weighted by molar-refractivity contribution is -0.127. The summed E-state index contributed by atoms with van der Waals surface area (Å²) in [5.74, 6) is 1.08. The predicted molar refractivity (Wildman–Crippen MR) is 162 cm³/mol. The monoisotopic (exact) mass is 608 g/mol. The Morgan fingerprint density at radius 1 is 0.950 bits per heavy atom. The largest absolute Gasteiger partial charge is 0.490 e. The van der Waals surface area contributed by atoms with Crippen molar-refractivity contribution in [3.8, 4) is 11.5 Å². The van der Waals surface area contributed by atoms with Crippen molar-refractivity contribution in [3.05, 3.63) is 99.3 Å². The molecule has 5 nitrogen and oxygen atoms in total. The summed E-state index contributed by atoms with van der Waals surface area (Å²) in [4.78, 5) is 16.9. The first-order valence-corrected chi connectivity index (χ1v) is 14.5. The molecule has 212 valence electrons. The van der Waals surface area contributed by atoms with Crippen LogP contribution >= 0.6 is 15.9 Å². The van der Waals surface area contributed by atoms with Crippen LogP contribution in [0, 0.1) is 5.82 Å². The van der Waals surface area contributed by atoms with Crippen molar-refractivity contribution < 1.29 is 18.7 Å². The number of amides is 1. The van der Waals surface area contributed by atoms with Crippen molar-refractivity contribution in [2.75, 3.05) is 32.8 Å². The first-order chi connectivity index (χ1) is 19.1. The van der Waals surface area contributed by atoms with Crippen LogP contribution < -0.4 is 9.47 Å². The molecule has 0 spiro atoms. The fourth-order valence-corrected chi connectivity index (χ4v) is 4.99. The Morgan fingerprint density at radius 3 is 2.35 bits per heavy atom. The van der Waals surface area contributed by atoms with Crippen LogP contribution in [0.3, 0.4) is 0 Å². The number of piperazine rings is 1. The van der Waals surface area contributed by atoms with Crippen LogP contribution in [0.2, 0.25) is 0 Å². The maximum atomic E-state index is 14.1. The Labute approximate surface area is 245 Å². The minimum absolute atomic E-state index is 0.0368. The van der Waals surface area contributed by atoms with Crippen LogP contribution in [-0.4, -0.2) is 48.5 Å². The molecular weight excluding hydrogens is 571 g/mol. The molecule has 1 heterocycles. The SMILES string of the molecule is CCOc1cc(/C=C/C(=O)N2CCN(Cc3cc(Br)ccc3F)CC2)ccc1OCc1ccc(C(C)(C)C)cc1. The van der Waals surface area contributed by atoms with Gasteiger partial charge in [0, 0.05) is 48.8 Å². The van der Waals surface area contributed by atoms with Gasteiger partial charge in [-0.15, -0.1) is 0 Å². The van der Waals surface area contributed by atoms with E-state index >= 15 is 0 Å². The third-order valence-corrected chi connectivity index (χ3v) is 7.48. The van der Waals surface area contributed by atoms with Gasteiger partial charge in [-0.05, 0) is 65.4 Å². The number of hydrogen-bond acceptors (Lipinski definition) is 4. The third kappa shape index (κ3) is 8.18. The van der Waals surface area contributed by atoms with E-state index in [1.807, 2.05) is 42.2 Å². The minimum Gasteiger partial charge on any atom is -0.490 e. The van der Waals surface area contributed by atoms with E-state index in [9.17, 15) is 9.18 Å². The number of rotatable bonds is 9. The summed E-state index contributed by atoms with van der Waals surface area (Å²) in [5.41, 5.74) is 4.01. The van der Waals surface area contributed by atoms with Gasteiger partial charge >= 0.3 is 0 Å². The number of carbonyl (C=O) groups excluding carboxylic acids is 1. The predicted octanol–water partition coefficient (Wildman–Crippen LogP) is 7.22. The first kappa shape index (κ1) is 29.8. The van der Waals surface area contributed by atoms with Crippen molar-refractivity contribution in [2.45, 2.75) is 46.3 Å². The van der Waals surface area contributed by atoms with E-state index in [0.29, 0.717) is 63.0 Å². The van der Waals surface area contributed by atoms with E-state index in [1.54, 1.807) is 12.1 Å². The lowest BCUT2D eigenvalue weighted by Gasteiger charge is -2.34. The Balaban J connectivity index is 1.32. The molecule has 0 bridgehead atoms. The van der Waals surface area contributed by atoms with Gasteiger partial charge in [0.25, 0.3) is 0 Å². The van der Waals surface area contributed by atoms with Gasteiger partial charge in [0.05, 0.1) is 6.61 Å². The van der Waals surface area contributed by atoms with Gasteiger partial charge in [-0.25, -0.2) is 4.39 Å². The molecule has 40 heavy (non-hydrogen) atoms. The maximum absolute atomic E-state index is 14.1. The fraction of sp³-hybridized carbons (Fsp3) is 0.364. The second kappa shape index (κ2) is 13.5. The zero-order chi connectivity index (χ0) is 28.7. The van der Waals surface area contributed by atoms with Crippen molar-refractivity contribution >= 4 is 27.9 Å². The molecule has 0 aliphatic carbocycles. The number of benzene rings is 3. The molecule has 1 aliphatic rings. The van der Waals surface area contributed by atoms with Crippen LogP contribution in [0.5, 0.6) is 11.5 Å². The maximum Gasteiger partial charge on any atom is 0.246 e. The Hall–Kier alpha value is -3.16. The molecule has 0 aromatic heterocycles. The standard InChI is InChI=1S/C33H38BrFN2O3/c1-5-39-31-20-24(8-14-30(31)40-23-25-6-10-27(11-7-25)33(2,3)4)9-15-32(38)37-18-16-36(17-19-37)22-26-21-28(34)12-13-29(26)35/h6-15,20-21H,5,16-19,22-23H2,1-4H3/b15-9+. The van der Waals surface area contributed by atoms with E-state index in [2.05, 4.69) is 65.9 Å². The zero-order valence-electron chi connectivity index (χ0n) is 23.8. The van der Waals surface area contributed by atoms with Crippen molar-refractivity contribution in [1.82, 2.24) is 9.80 Å². The van der Waals surface area contributed by atoms with Gasteiger partial charge in [0.15, 0.2) is 11.5 Å². The second-order valence-electron chi connectivity index (χ2n) is 11.0. The highest BCUT2D eigenvalue weighted by molar-refractivity contribution is 9.10. The summed E-state index contributed by atoms with van der Waals surface area (Å²) >= 11 is 3.41. The molecule has 0 radical (unpaired) electrons. The summed E-state index contributed by atoms with van der Waals surface area (Å²) in [5, 5.41) is 0. The quantitative estimate of drug-likeness (QED) is 0.240. The van der Waals surface area contributed by atoms with E-state index in [0.717, 1.165) is 15.6 Å². The third-order valence-electron chi connectivity index (χ3n) is 6.99. The molecule has 4 rings (SSSR count). The van der Waals surface area contributed by atoms with Crippen LogP contribution in [0.25, 0.3) is 6.08 Å². The van der Waals surface area contributed by atoms with Crippen molar-refractivity contribution in [1.29, 1.82) is 0 Å². The number of ether oxygens (including phenoxy) is 2.